The van der Waals surface area contributed by atoms with Crippen LogP contribution in [0.2, 0.25) is 0 Å². The van der Waals surface area contributed by atoms with Gasteiger partial charge in [-0.05, 0) is 23.5 Å². The predicted octanol–water partition coefficient (Wildman–Crippen LogP) is 1.82. The van der Waals surface area contributed by atoms with E-state index in [9.17, 15) is 14.4 Å². The van der Waals surface area contributed by atoms with Crippen molar-refractivity contribution >= 4 is 18.2 Å². The Morgan fingerprint density at radius 3 is 2.00 bits per heavy atom. The molecular weight excluding hydrogens is 260 g/mol. The van der Waals surface area contributed by atoms with Crippen molar-refractivity contribution in [2.45, 2.75) is 26.7 Å². The van der Waals surface area contributed by atoms with Gasteiger partial charge in [-0.15, -0.1) is 0 Å². The molecule has 0 atom stereocenters. The molecule has 0 saturated heterocycles. The maximum atomic E-state index is 12.0. The fourth-order valence-electron chi connectivity index (χ4n) is 2.29. The number of esters is 2. The number of aldehydes is 1. The van der Waals surface area contributed by atoms with Gasteiger partial charge in [0, 0.05) is 6.42 Å². The molecule has 0 bridgehead atoms. The van der Waals surface area contributed by atoms with Crippen LogP contribution in [0.5, 0.6) is 0 Å². The van der Waals surface area contributed by atoms with Gasteiger partial charge in [0.2, 0.25) is 0 Å². The average Bonchev–Trinajstić information content (AvgIpc) is 2.83. The third-order valence-electron chi connectivity index (χ3n) is 3.37. The molecule has 0 aromatic rings. The monoisotopic (exact) mass is 280 g/mol. The molecular formula is C15H20O5. The summed E-state index contributed by atoms with van der Waals surface area (Å²) >= 11 is 0. The highest BCUT2D eigenvalue weighted by Gasteiger charge is 2.52. The standard InChI is InChI=1S/C15H20O5/c1-10(2)5-6-11-7-15(13(17)19-3,14(18)20-4)8-12(11)9-16/h5-6,9-10H,7-8H2,1-4H3/b6-5+. The molecule has 0 radical (unpaired) electrons. The van der Waals surface area contributed by atoms with Crippen LogP contribution in [0, 0.1) is 11.3 Å². The topological polar surface area (TPSA) is 69.7 Å². The Bertz CT molecular complexity index is 455. The Morgan fingerprint density at radius 1 is 1.10 bits per heavy atom. The predicted molar refractivity (Wildman–Crippen MR) is 72.8 cm³/mol. The van der Waals surface area contributed by atoms with Crippen LogP contribution in [0.3, 0.4) is 0 Å². The Morgan fingerprint density at radius 2 is 1.60 bits per heavy atom. The van der Waals surface area contributed by atoms with Crippen LogP contribution in [0.15, 0.2) is 23.3 Å². The van der Waals surface area contributed by atoms with Crippen LogP contribution in [-0.2, 0) is 23.9 Å². The summed E-state index contributed by atoms with van der Waals surface area (Å²) in [6.45, 7) is 4.00. The SMILES string of the molecule is COC(=O)C1(C(=O)OC)CC(C=O)=C(/C=C/C(C)C)C1. The second-order valence-electron chi connectivity index (χ2n) is 5.19. The van der Waals surface area contributed by atoms with E-state index in [-0.39, 0.29) is 12.8 Å². The lowest BCUT2D eigenvalue weighted by Crippen LogP contribution is -2.39. The highest BCUT2D eigenvalue weighted by molar-refractivity contribution is 6.03. The molecule has 0 aromatic heterocycles. The maximum Gasteiger partial charge on any atom is 0.323 e. The molecule has 0 unspecified atom stereocenters. The molecule has 0 heterocycles. The zero-order valence-corrected chi connectivity index (χ0v) is 12.3. The molecule has 0 aromatic carbocycles. The van der Waals surface area contributed by atoms with E-state index in [1.807, 2.05) is 19.9 Å². The van der Waals surface area contributed by atoms with E-state index in [4.69, 9.17) is 9.47 Å². The fraction of sp³-hybridized carbons (Fsp3) is 0.533. The van der Waals surface area contributed by atoms with Gasteiger partial charge in [-0.2, -0.15) is 0 Å². The molecule has 20 heavy (non-hydrogen) atoms. The van der Waals surface area contributed by atoms with Crippen molar-refractivity contribution in [2.24, 2.45) is 11.3 Å². The molecule has 110 valence electrons. The summed E-state index contributed by atoms with van der Waals surface area (Å²) in [7, 11) is 2.44. The van der Waals surface area contributed by atoms with Crippen molar-refractivity contribution in [3.8, 4) is 0 Å². The summed E-state index contributed by atoms with van der Waals surface area (Å²) in [5.74, 6) is -1.03. The number of carbonyl (C=O) groups excluding carboxylic acids is 3. The van der Waals surface area contributed by atoms with Crippen LogP contribution in [-0.4, -0.2) is 32.4 Å². The molecule has 5 nitrogen and oxygen atoms in total. The van der Waals surface area contributed by atoms with E-state index in [1.54, 1.807) is 6.08 Å². The average molecular weight is 280 g/mol. The van der Waals surface area contributed by atoms with Crippen LogP contribution in [0.25, 0.3) is 0 Å². The van der Waals surface area contributed by atoms with Crippen molar-refractivity contribution in [2.75, 3.05) is 14.2 Å². The summed E-state index contributed by atoms with van der Waals surface area (Å²) in [5, 5.41) is 0. The first-order chi connectivity index (χ1) is 9.41. The third-order valence-corrected chi connectivity index (χ3v) is 3.37. The summed E-state index contributed by atoms with van der Waals surface area (Å²) in [6, 6.07) is 0. The summed E-state index contributed by atoms with van der Waals surface area (Å²) in [6.07, 6.45) is 4.55. The van der Waals surface area contributed by atoms with Gasteiger partial charge < -0.3 is 9.47 Å². The number of rotatable bonds is 5. The number of methoxy groups -OCH3 is 2. The summed E-state index contributed by atoms with van der Waals surface area (Å²) in [5.41, 5.74) is -0.307. The van der Waals surface area contributed by atoms with E-state index < -0.39 is 17.4 Å². The zero-order valence-electron chi connectivity index (χ0n) is 12.3. The third kappa shape index (κ3) is 2.98. The molecule has 5 heteroatoms. The number of hydrogen-bond acceptors (Lipinski definition) is 5. The van der Waals surface area contributed by atoms with Crippen molar-refractivity contribution < 1.29 is 23.9 Å². The largest absolute Gasteiger partial charge is 0.468 e. The van der Waals surface area contributed by atoms with E-state index in [0.29, 0.717) is 23.4 Å². The minimum Gasteiger partial charge on any atom is -0.468 e. The van der Waals surface area contributed by atoms with Crippen LogP contribution in [0.4, 0.5) is 0 Å². The highest BCUT2D eigenvalue weighted by Crippen LogP contribution is 2.44. The molecule has 0 N–H and O–H groups in total. The second kappa shape index (κ2) is 6.50. The van der Waals surface area contributed by atoms with Crippen molar-refractivity contribution in [3.05, 3.63) is 23.3 Å². The molecule has 1 rings (SSSR count). The fourth-order valence-corrected chi connectivity index (χ4v) is 2.29. The number of allylic oxidation sites excluding steroid dienone is 4. The Labute approximate surface area is 118 Å². The van der Waals surface area contributed by atoms with Gasteiger partial charge in [0.15, 0.2) is 5.41 Å². The van der Waals surface area contributed by atoms with Gasteiger partial charge in [-0.3, -0.25) is 14.4 Å². The van der Waals surface area contributed by atoms with Crippen LogP contribution >= 0.6 is 0 Å². The van der Waals surface area contributed by atoms with Crippen molar-refractivity contribution in [1.82, 2.24) is 0 Å². The van der Waals surface area contributed by atoms with E-state index >= 15 is 0 Å². The van der Waals surface area contributed by atoms with Crippen molar-refractivity contribution in [3.63, 3.8) is 0 Å². The summed E-state index contributed by atoms with van der Waals surface area (Å²) < 4.78 is 9.44. The van der Waals surface area contributed by atoms with Crippen molar-refractivity contribution in [1.29, 1.82) is 0 Å². The minimum atomic E-state index is -1.43. The van der Waals surface area contributed by atoms with Gasteiger partial charge in [-0.25, -0.2) is 0 Å². The molecule has 0 aliphatic heterocycles. The zero-order chi connectivity index (χ0) is 15.3. The minimum absolute atomic E-state index is 0.0214. The van der Waals surface area contributed by atoms with E-state index in [2.05, 4.69) is 0 Å². The quantitative estimate of drug-likeness (QED) is 0.436. The van der Waals surface area contributed by atoms with Crippen LogP contribution < -0.4 is 0 Å². The molecule has 1 aliphatic rings. The highest BCUT2D eigenvalue weighted by atomic mass is 16.5. The molecule has 0 fully saturated rings. The molecule has 0 amide bonds. The number of hydrogen-bond donors (Lipinski definition) is 0. The second-order valence-corrected chi connectivity index (χ2v) is 5.19. The Hall–Kier alpha value is -1.91. The summed E-state index contributed by atoms with van der Waals surface area (Å²) in [4.78, 5) is 35.2. The molecule has 1 aliphatic carbocycles. The first-order valence-electron chi connectivity index (χ1n) is 6.43. The van der Waals surface area contributed by atoms with Gasteiger partial charge in [0.1, 0.15) is 6.29 Å². The normalized spacial score (nSPS) is 17.6. The lowest BCUT2D eigenvalue weighted by molar-refractivity contribution is -0.168. The Balaban J connectivity index is 3.15. The first kappa shape index (κ1) is 16.1. The molecule has 0 spiro atoms. The van der Waals surface area contributed by atoms with E-state index in [0.717, 1.165) is 0 Å². The van der Waals surface area contributed by atoms with Gasteiger partial charge in [0.25, 0.3) is 0 Å². The van der Waals surface area contributed by atoms with Gasteiger partial charge in [-0.1, -0.05) is 26.0 Å². The van der Waals surface area contributed by atoms with E-state index in [1.165, 1.54) is 14.2 Å². The lowest BCUT2D eigenvalue weighted by Gasteiger charge is -2.23. The maximum absolute atomic E-state index is 12.0. The number of ether oxygens (including phenoxy) is 2. The lowest BCUT2D eigenvalue weighted by atomic mass is 9.83. The Kier molecular flexibility index (Phi) is 5.25. The smallest absolute Gasteiger partial charge is 0.323 e. The molecule has 0 saturated carbocycles. The van der Waals surface area contributed by atoms with Gasteiger partial charge >= 0.3 is 11.9 Å². The van der Waals surface area contributed by atoms with Gasteiger partial charge in [0.05, 0.1) is 14.2 Å². The van der Waals surface area contributed by atoms with Crippen LogP contribution in [0.1, 0.15) is 26.7 Å². The number of carbonyl (C=O) groups is 3. The first-order valence-corrected chi connectivity index (χ1v) is 6.43.